The van der Waals surface area contributed by atoms with E-state index in [0.29, 0.717) is 13.1 Å². The van der Waals surface area contributed by atoms with Gasteiger partial charge in [-0.05, 0) is 28.1 Å². The van der Waals surface area contributed by atoms with Crippen LogP contribution in [0.2, 0.25) is 0 Å². The molecule has 0 saturated carbocycles. The average Bonchev–Trinajstić information content (AvgIpc) is 2.83. The van der Waals surface area contributed by atoms with Gasteiger partial charge in [0.1, 0.15) is 0 Å². The second-order valence-corrected chi connectivity index (χ2v) is 7.53. The zero-order valence-electron chi connectivity index (χ0n) is 13.4. The monoisotopic (exact) mass is 502 g/mol. The van der Waals surface area contributed by atoms with Crippen molar-refractivity contribution in [3.05, 3.63) is 20.8 Å². The van der Waals surface area contributed by atoms with Gasteiger partial charge in [-0.1, -0.05) is 13.8 Å². The number of guanidine groups is 1. The molecular formula is C14H24BrIN4OS. The summed E-state index contributed by atoms with van der Waals surface area (Å²) in [6.45, 7) is 5.82. The number of thiophene rings is 1. The Morgan fingerprint density at radius 2 is 2.00 bits per heavy atom. The Kier molecular flexibility index (Phi) is 11.0. The van der Waals surface area contributed by atoms with Gasteiger partial charge in [-0.3, -0.25) is 9.79 Å². The maximum atomic E-state index is 11.5. The molecule has 0 radical (unpaired) electrons. The Bertz CT molecular complexity index is 493. The van der Waals surface area contributed by atoms with Crippen LogP contribution in [0.25, 0.3) is 0 Å². The highest BCUT2D eigenvalue weighted by Gasteiger charge is 2.09. The van der Waals surface area contributed by atoms with Crippen LogP contribution in [0.3, 0.4) is 0 Å². The van der Waals surface area contributed by atoms with E-state index in [9.17, 15) is 4.79 Å². The van der Waals surface area contributed by atoms with Crippen LogP contribution in [0, 0.1) is 5.92 Å². The first-order chi connectivity index (χ1) is 9.93. The molecule has 0 saturated heterocycles. The molecule has 0 unspecified atom stereocenters. The van der Waals surface area contributed by atoms with Crippen LogP contribution >= 0.6 is 51.2 Å². The number of hydrogen-bond acceptors (Lipinski definition) is 3. The Labute approximate surface area is 162 Å². The normalized spacial score (nSPS) is 11.1. The van der Waals surface area contributed by atoms with Crippen LogP contribution in [0.4, 0.5) is 0 Å². The molecule has 0 spiro atoms. The fourth-order valence-electron chi connectivity index (χ4n) is 1.69. The van der Waals surface area contributed by atoms with E-state index in [0.717, 1.165) is 16.3 Å². The first kappa shape index (κ1) is 21.6. The molecule has 8 heteroatoms. The third-order valence-corrected chi connectivity index (χ3v) is 4.44. The summed E-state index contributed by atoms with van der Waals surface area (Å²) in [5, 5.41) is 6.12. The number of nitrogens with zero attached hydrogens (tertiary/aromatic N) is 2. The first-order valence-electron chi connectivity index (χ1n) is 6.87. The summed E-state index contributed by atoms with van der Waals surface area (Å²) in [6.07, 6.45) is 0. The largest absolute Gasteiger partial charge is 0.354 e. The molecule has 1 amide bonds. The van der Waals surface area contributed by atoms with E-state index in [2.05, 4.69) is 42.5 Å². The average molecular weight is 503 g/mol. The molecule has 1 heterocycles. The minimum absolute atomic E-state index is 0. The van der Waals surface area contributed by atoms with Crippen molar-refractivity contribution in [1.29, 1.82) is 0 Å². The molecule has 0 fully saturated rings. The van der Waals surface area contributed by atoms with Gasteiger partial charge in [-0.25, -0.2) is 0 Å². The van der Waals surface area contributed by atoms with Gasteiger partial charge in [0.05, 0.1) is 10.3 Å². The fourth-order valence-corrected chi connectivity index (χ4v) is 3.23. The number of carbonyl (C=O) groups is 1. The van der Waals surface area contributed by atoms with E-state index in [1.54, 1.807) is 18.4 Å². The van der Waals surface area contributed by atoms with Crippen molar-refractivity contribution in [2.24, 2.45) is 10.9 Å². The summed E-state index contributed by atoms with van der Waals surface area (Å²) in [7, 11) is 3.76. The predicted octanol–water partition coefficient (Wildman–Crippen LogP) is 2.91. The zero-order valence-corrected chi connectivity index (χ0v) is 18.1. The summed E-state index contributed by atoms with van der Waals surface area (Å²) < 4.78 is 1.13. The van der Waals surface area contributed by atoms with Gasteiger partial charge in [-0.2, -0.15) is 0 Å². The fraction of sp³-hybridized carbons (Fsp3) is 0.571. The van der Waals surface area contributed by atoms with Gasteiger partial charge < -0.3 is 15.5 Å². The number of amides is 1. The molecule has 22 heavy (non-hydrogen) atoms. The van der Waals surface area contributed by atoms with Crippen molar-refractivity contribution in [2.75, 3.05) is 27.2 Å². The summed E-state index contributed by atoms with van der Waals surface area (Å²) >= 11 is 5.18. The van der Waals surface area contributed by atoms with Crippen LogP contribution in [-0.2, 0) is 11.3 Å². The lowest BCUT2D eigenvalue weighted by Crippen LogP contribution is -2.42. The quantitative estimate of drug-likeness (QED) is 0.272. The standard InChI is InChI=1S/C14H23BrN4OS.HI/c1-10(2)13(20)17-7-8-18-14(16-3)19(4)9-11-5-6-12(15)21-11;/h5-6,10H,7-9H2,1-4H3,(H,16,18)(H,17,20);1H. The number of halogens is 2. The highest BCUT2D eigenvalue weighted by atomic mass is 127. The molecule has 0 aliphatic rings. The molecule has 1 aromatic rings. The molecule has 0 bridgehead atoms. The van der Waals surface area contributed by atoms with Gasteiger partial charge in [-0.15, -0.1) is 35.3 Å². The Hall–Kier alpha value is -0.350. The maximum absolute atomic E-state index is 11.5. The topological polar surface area (TPSA) is 56.7 Å². The number of nitrogens with one attached hydrogen (secondary N) is 2. The molecular weight excluding hydrogens is 479 g/mol. The number of aliphatic imine (C=N–C) groups is 1. The van der Waals surface area contributed by atoms with Crippen molar-refractivity contribution in [3.63, 3.8) is 0 Å². The first-order valence-corrected chi connectivity index (χ1v) is 8.48. The maximum Gasteiger partial charge on any atom is 0.222 e. The van der Waals surface area contributed by atoms with Gasteiger partial charge >= 0.3 is 0 Å². The van der Waals surface area contributed by atoms with E-state index in [-0.39, 0.29) is 35.8 Å². The van der Waals surface area contributed by atoms with Crippen molar-refractivity contribution in [2.45, 2.75) is 20.4 Å². The van der Waals surface area contributed by atoms with Gasteiger partial charge in [0, 0.05) is 38.0 Å². The SMILES string of the molecule is CN=C(NCCNC(=O)C(C)C)N(C)Cc1ccc(Br)s1.I. The van der Waals surface area contributed by atoms with Crippen molar-refractivity contribution in [3.8, 4) is 0 Å². The van der Waals surface area contributed by atoms with Gasteiger partial charge in [0.15, 0.2) is 5.96 Å². The van der Waals surface area contributed by atoms with Crippen LogP contribution in [0.5, 0.6) is 0 Å². The van der Waals surface area contributed by atoms with E-state index in [1.165, 1.54) is 4.88 Å². The number of hydrogen-bond donors (Lipinski definition) is 2. The molecule has 2 N–H and O–H groups in total. The lowest BCUT2D eigenvalue weighted by atomic mass is 10.2. The molecule has 5 nitrogen and oxygen atoms in total. The van der Waals surface area contributed by atoms with Gasteiger partial charge in [0.25, 0.3) is 0 Å². The molecule has 126 valence electrons. The summed E-state index contributed by atoms with van der Waals surface area (Å²) in [5.41, 5.74) is 0. The predicted molar refractivity (Wildman–Crippen MR) is 108 cm³/mol. The van der Waals surface area contributed by atoms with E-state index in [1.807, 2.05) is 27.0 Å². The Morgan fingerprint density at radius 1 is 1.36 bits per heavy atom. The second-order valence-electron chi connectivity index (χ2n) is 4.98. The third-order valence-electron chi connectivity index (χ3n) is 2.83. The second kappa shape index (κ2) is 11.2. The highest BCUT2D eigenvalue weighted by molar-refractivity contribution is 14.0. The van der Waals surface area contributed by atoms with Crippen molar-refractivity contribution >= 4 is 63.1 Å². The molecule has 0 aromatic carbocycles. The number of rotatable bonds is 6. The molecule has 0 atom stereocenters. The van der Waals surface area contributed by atoms with Crippen LogP contribution < -0.4 is 10.6 Å². The number of carbonyl (C=O) groups excluding carboxylic acids is 1. The smallest absolute Gasteiger partial charge is 0.222 e. The summed E-state index contributed by atoms with van der Waals surface area (Å²) in [5.74, 6) is 0.908. The van der Waals surface area contributed by atoms with E-state index in [4.69, 9.17) is 0 Å². The van der Waals surface area contributed by atoms with Crippen molar-refractivity contribution in [1.82, 2.24) is 15.5 Å². The van der Waals surface area contributed by atoms with Crippen LogP contribution in [0.1, 0.15) is 18.7 Å². The lowest BCUT2D eigenvalue weighted by Gasteiger charge is -2.21. The van der Waals surface area contributed by atoms with E-state index >= 15 is 0 Å². The van der Waals surface area contributed by atoms with E-state index < -0.39 is 0 Å². The third kappa shape index (κ3) is 7.77. The van der Waals surface area contributed by atoms with Gasteiger partial charge in [0.2, 0.25) is 5.91 Å². The van der Waals surface area contributed by atoms with Crippen molar-refractivity contribution < 1.29 is 4.79 Å². The van der Waals surface area contributed by atoms with Crippen LogP contribution in [-0.4, -0.2) is 44.0 Å². The molecule has 1 aromatic heterocycles. The Balaban J connectivity index is 0.00000441. The summed E-state index contributed by atoms with van der Waals surface area (Å²) in [6, 6.07) is 4.15. The Morgan fingerprint density at radius 3 is 2.50 bits per heavy atom. The minimum Gasteiger partial charge on any atom is -0.354 e. The lowest BCUT2D eigenvalue weighted by molar-refractivity contribution is -0.123. The molecule has 0 aliphatic carbocycles. The minimum atomic E-state index is 0. The zero-order chi connectivity index (χ0) is 15.8. The highest BCUT2D eigenvalue weighted by Crippen LogP contribution is 2.22. The van der Waals surface area contributed by atoms with Crippen LogP contribution in [0.15, 0.2) is 20.9 Å². The summed E-state index contributed by atoms with van der Waals surface area (Å²) in [4.78, 5) is 19.0. The molecule has 1 rings (SSSR count). The molecule has 0 aliphatic heterocycles.